The van der Waals surface area contributed by atoms with Crippen LogP contribution in [0.15, 0.2) is 5.51 Å². The summed E-state index contributed by atoms with van der Waals surface area (Å²) < 4.78 is 0. The SMILES string of the molecule is CCc1nc(N)c(C)c(NCc2scnc2C)n1. The van der Waals surface area contributed by atoms with Gasteiger partial charge in [0.25, 0.3) is 0 Å². The predicted octanol–water partition coefficient (Wildman–Crippen LogP) is 2.31. The molecule has 2 rings (SSSR count). The molecule has 18 heavy (non-hydrogen) atoms. The van der Waals surface area contributed by atoms with Gasteiger partial charge in [-0.3, -0.25) is 0 Å². The Balaban J connectivity index is 2.18. The second-order valence-corrected chi connectivity index (χ2v) is 5.01. The molecule has 0 spiro atoms. The van der Waals surface area contributed by atoms with Gasteiger partial charge in [0.15, 0.2) is 0 Å². The third kappa shape index (κ3) is 2.59. The van der Waals surface area contributed by atoms with E-state index >= 15 is 0 Å². The molecule has 0 saturated carbocycles. The van der Waals surface area contributed by atoms with Crippen molar-refractivity contribution < 1.29 is 0 Å². The van der Waals surface area contributed by atoms with E-state index in [0.717, 1.165) is 35.9 Å². The molecule has 2 aromatic rings. The van der Waals surface area contributed by atoms with Crippen molar-refractivity contribution in [1.82, 2.24) is 15.0 Å². The van der Waals surface area contributed by atoms with Crippen LogP contribution in [-0.4, -0.2) is 15.0 Å². The number of nitrogen functional groups attached to an aromatic ring is 1. The number of hydrogen-bond donors (Lipinski definition) is 2. The highest BCUT2D eigenvalue weighted by Gasteiger charge is 2.08. The summed E-state index contributed by atoms with van der Waals surface area (Å²) in [5, 5.41) is 3.31. The van der Waals surface area contributed by atoms with Crippen molar-refractivity contribution in [2.75, 3.05) is 11.1 Å². The van der Waals surface area contributed by atoms with E-state index in [0.29, 0.717) is 5.82 Å². The van der Waals surface area contributed by atoms with Gasteiger partial charge in [0.1, 0.15) is 17.5 Å². The minimum absolute atomic E-state index is 0.547. The maximum atomic E-state index is 5.88. The van der Waals surface area contributed by atoms with Crippen molar-refractivity contribution in [3.8, 4) is 0 Å². The van der Waals surface area contributed by atoms with Gasteiger partial charge in [0.05, 0.1) is 17.7 Å². The van der Waals surface area contributed by atoms with E-state index in [9.17, 15) is 0 Å². The average molecular weight is 263 g/mol. The fourth-order valence-corrected chi connectivity index (χ4v) is 2.29. The normalized spacial score (nSPS) is 10.6. The Morgan fingerprint density at radius 2 is 2.11 bits per heavy atom. The molecule has 96 valence electrons. The zero-order chi connectivity index (χ0) is 13.1. The molecule has 0 unspecified atom stereocenters. The summed E-state index contributed by atoms with van der Waals surface area (Å²) in [6, 6.07) is 0. The Kier molecular flexibility index (Phi) is 3.76. The standard InChI is InChI=1S/C12H17N5S/c1-4-10-16-11(13)7(2)12(17-10)14-5-9-8(3)15-6-18-9/h6H,4-5H2,1-3H3,(H3,13,14,16,17). The quantitative estimate of drug-likeness (QED) is 0.885. The van der Waals surface area contributed by atoms with E-state index in [2.05, 4.69) is 20.3 Å². The Morgan fingerprint density at radius 3 is 2.72 bits per heavy atom. The van der Waals surface area contributed by atoms with Crippen LogP contribution in [0.3, 0.4) is 0 Å². The van der Waals surface area contributed by atoms with Gasteiger partial charge in [0.2, 0.25) is 0 Å². The highest BCUT2D eigenvalue weighted by Crippen LogP contribution is 2.20. The maximum Gasteiger partial charge on any atom is 0.135 e. The number of nitrogens with two attached hydrogens (primary N) is 1. The number of nitrogens with zero attached hydrogens (tertiary/aromatic N) is 3. The van der Waals surface area contributed by atoms with Crippen molar-refractivity contribution in [2.24, 2.45) is 0 Å². The van der Waals surface area contributed by atoms with Crippen LogP contribution in [-0.2, 0) is 13.0 Å². The number of aryl methyl sites for hydroxylation is 2. The van der Waals surface area contributed by atoms with Crippen molar-refractivity contribution >= 4 is 23.0 Å². The molecule has 0 fully saturated rings. The minimum atomic E-state index is 0.547. The summed E-state index contributed by atoms with van der Waals surface area (Å²) in [6.45, 7) is 6.67. The van der Waals surface area contributed by atoms with Gasteiger partial charge < -0.3 is 11.1 Å². The van der Waals surface area contributed by atoms with Crippen LogP contribution in [0.25, 0.3) is 0 Å². The molecule has 0 saturated heterocycles. The Bertz CT molecular complexity index is 549. The second-order valence-electron chi connectivity index (χ2n) is 4.07. The molecule has 6 heteroatoms. The highest BCUT2D eigenvalue weighted by atomic mass is 32.1. The summed E-state index contributed by atoms with van der Waals surface area (Å²) in [6.07, 6.45) is 0.777. The van der Waals surface area contributed by atoms with Gasteiger partial charge in [-0.25, -0.2) is 15.0 Å². The van der Waals surface area contributed by atoms with E-state index < -0.39 is 0 Å². The van der Waals surface area contributed by atoms with Crippen LogP contribution in [0.5, 0.6) is 0 Å². The second kappa shape index (κ2) is 5.30. The molecule has 2 heterocycles. The lowest BCUT2D eigenvalue weighted by Gasteiger charge is -2.11. The number of rotatable bonds is 4. The van der Waals surface area contributed by atoms with Crippen LogP contribution in [0.1, 0.15) is 28.9 Å². The number of anilines is 2. The lowest BCUT2D eigenvalue weighted by atomic mass is 10.3. The van der Waals surface area contributed by atoms with E-state index in [1.54, 1.807) is 11.3 Å². The number of aromatic nitrogens is 3. The summed E-state index contributed by atoms with van der Waals surface area (Å²) in [7, 11) is 0. The molecule has 3 N–H and O–H groups in total. The van der Waals surface area contributed by atoms with Crippen LogP contribution in [0.2, 0.25) is 0 Å². The molecule has 2 aromatic heterocycles. The molecule has 0 aromatic carbocycles. The van der Waals surface area contributed by atoms with Gasteiger partial charge >= 0.3 is 0 Å². The monoisotopic (exact) mass is 263 g/mol. The zero-order valence-electron chi connectivity index (χ0n) is 10.8. The lowest BCUT2D eigenvalue weighted by molar-refractivity contribution is 0.929. The minimum Gasteiger partial charge on any atom is -0.383 e. The van der Waals surface area contributed by atoms with Crippen molar-refractivity contribution in [3.05, 3.63) is 27.5 Å². The molecular formula is C12H17N5S. The molecular weight excluding hydrogens is 246 g/mol. The fraction of sp³-hybridized carbons (Fsp3) is 0.417. The fourth-order valence-electron chi connectivity index (χ4n) is 1.57. The summed E-state index contributed by atoms with van der Waals surface area (Å²) >= 11 is 1.64. The number of thiazole rings is 1. The zero-order valence-corrected chi connectivity index (χ0v) is 11.6. The lowest BCUT2D eigenvalue weighted by Crippen LogP contribution is -2.09. The van der Waals surface area contributed by atoms with Crippen LogP contribution in [0, 0.1) is 13.8 Å². The first-order valence-corrected chi connectivity index (χ1v) is 6.75. The highest BCUT2D eigenvalue weighted by molar-refractivity contribution is 7.09. The molecule has 5 nitrogen and oxygen atoms in total. The molecule has 0 radical (unpaired) electrons. The summed E-state index contributed by atoms with van der Waals surface area (Å²) in [5.41, 5.74) is 9.68. The molecule has 0 aliphatic rings. The molecule has 0 bridgehead atoms. The van der Waals surface area contributed by atoms with Crippen molar-refractivity contribution in [1.29, 1.82) is 0 Å². The third-order valence-electron chi connectivity index (χ3n) is 2.81. The summed E-state index contributed by atoms with van der Waals surface area (Å²) in [4.78, 5) is 14.1. The molecule has 0 atom stereocenters. The predicted molar refractivity (Wildman–Crippen MR) is 74.7 cm³/mol. The van der Waals surface area contributed by atoms with Crippen molar-refractivity contribution in [2.45, 2.75) is 33.7 Å². The number of hydrogen-bond acceptors (Lipinski definition) is 6. The third-order valence-corrected chi connectivity index (χ3v) is 3.74. The first-order chi connectivity index (χ1) is 8.61. The average Bonchev–Trinajstić information content (AvgIpc) is 2.76. The molecule has 0 aliphatic carbocycles. The first-order valence-electron chi connectivity index (χ1n) is 5.87. The van der Waals surface area contributed by atoms with E-state index in [1.165, 1.54) is 4.88 Å². The van der Waals surface area contributed by atoms with E-state index in [-0.39, 0.29) is 0 Å². The van der Waals surface area contributed by atoms with E-state index in [1.807, 2.05) is 26.3 Å². The van der Waals surface area contributed by atoms with Gasteiger partial charge in [0, 0.05) is 16.9 Å². The van der Waals surface area contributed by atoms with Crippen LogP contribution >= 0.6 is 11.3 Å². The van der Waals surface area contributed by atoms with Gasteiger partial charge in [-0.15, -0.1) is 11.3 Å². The topological polar surface area (TPSA) is 76.7 Å². The maximum absolute atomic E-state index is 5.88. The van der Waals surface area contributed by atoms with E-state index in [4.69, 9.17) is 5.73 Å². The first kappa shape index (κ1) is 12.8. The van der Waals surface area contributed by atoms with Crippen molar-refractivity contribution in [3.63, 3.8) is 0 Å². The molecule has 0 aliphatic heterocycles. The van der Waals surface area contributed by atoms with Gasteiger partial charge in [-0.2, -0.15) is 0 Å². The van der Waals surface area contributed by atoms with Gasteiger partial charge in [-0.05, 0) is 13.8 Å². The van der Waals surface area contributed by atoms with Gasteiger partial charge in [-0.1, -0.05) is 6.92 Å². The Labute approximate surface area is 111 Å². The largest absolute Gasteiger partial charge is 0.383 e. The van der Waals surface area contributed by atoms with Crippen LogP contribution < -0.4 is 11.1 Å². The summed E-state index contributed by atoms with van der Waals surface area (Å²) in [5.74, 6) is 2.12. The Hall–Kier alpha value is -1.69. The smallest absolute Gasteiger partial charge is 0.135 e. The Morgan fingerprint density at radius 1 is 1.33 bits per heavy atom. The molecule has 0 amide bonds. The van der Waals surface area contributed by atoms with Crippen LogP contribution in [0.4, 0.5) is 11.6 Å². The number of nitrogens with one attached hydrogen (secondary N) is 1.